The molecule has 0 radical (unpaired) electrons. The molecule has 0 aliphatic rings. The zero-order chi connectivity index (χ0) is 21.5. The quantitative estimate of drug-likeness (QED) is 0.251. The van der Waals surface area contributed by atoms with Crippen LogP contribution in [-0.2, 0) is 0 Å². The zero-order valence-corrected chi connectivity index (χ0v) is 17.9. The van der Waals surface area contributed by atoms with Gasteiger partial charge in [0, 0.05) is 17.0 Å². The van der Waals surface area contributed by atoms with E-state index in [0.29, 0.717) is 24.8 Å². The molecule has 0 fully saturated rings. The number of ether oxygens (including phenoxy) is 2. The van der Waals surface area contributed by atoms with Crippen LogP contribution in [-0.4, -0.2) is 33.7 Å². The smallest absolute Gasteiger partial charge is 0.196 e. The molecular formula is C24H22FN3O2S. The van der Waals surface area contributed by atoms with Gasteiger partial charge in [0.1, 0.15) is 17.3 Å². The molecule has 0 unspecified atom stereocenters. The Balaban J connectivity index is 1.47. The van der Waals surface area contributed by atoms with Gasteiger partial charge in [0.05, 0.1) is 13.2 Å². The van der Waals surface area contributed by atoms with Crippen LogP contribution >= 0.6 is 11.8 Å². The molecule has 0 saturated carbocycles. The van der Waals surface area contributed by atoms with Crippen LogP contribution in [0.3, 0.4) is 0 Å². The molecule has 0 aliphatic heterocycles. The van der Waals surface area contributed by atoms with Gasteiger partial charge in [-0.3, -0.25) is 4.57 Å². The summed E-state index contributed by atoms with van der Waals surface area (Å²) in [5, 5.41) is 9.49. The van der Waals surface area contributed by atoms with Gasteiger partial charge in [0.25, 0.3) is 0 Å². The molecule has 0 atom stereocenters. The summed E-state index contributed by atoms with van der Waals surface area (Å²) in [6.07, 6.45) is 0. The molecular weight excluding hydrogens is 413 g/mol. The molecule has 0 N–H and O–H groups in total. The molecule has 0 aliphatic carbocycles. The van der Waals surface area contributed by atoms with Crippen molar-refractivity contribution in [1.82, 2.24) is 14.8 Å². The van der Waals surface area contributed by atoms with Crippen LogP contribution < -0.4 is 9.47 Å². The first-order valence-corrected chi connectivity index (χ1v) is 11.0. The minimum atomic E-state index is -0.281. The van der Waals surface area contributed by atoms with Crippen molar-refractivity contribution in [3.63, 3.8) is 0 Å². The summed E-state index contributed by atoms with van der Waals surface area (Å²) in [5.74, 6) is 2.72. The Morgan fingerprint density at radius 2 is 1.52 bits per heavy atom. The molecule has 31 heavy (non-hydrogen) atoms. The van der Waals surface area contributed by atoms with Crippen molar-refractivity contribution in [1.29, 1.82) is 0 Å². The minimum Gasteiger partial charge on any atom is -0.494 e. The fourth-order valence-electron chi connectivity index (χ4n) is 3.05. The van der Waals surface area contributed by atoms with Gasteiger partial charge >= 0.3 is 0 Å². The molecule has 4 rings (SSSR count). The number of halogens is 1. The van der Waals surface area contributed by atoms with E-state index in [0.717, 1.165) is 27.9 Å². The Morgan fingerprint density at radius 1 is 0.839 bits per heavy atom. The van der Waals surface area contributed by atoms with E-state index in [1.165, 1.54) is 23.9 Å². The molecule has 5 nitrogen and oxygen atoms in total. The third kappa shape index (κ3) is 5.24. The average molecular weight is 436 g/mol. The predicted molar refractivity (Wildman–Crippen MR) is 121 cm³/mol. The van der Waals surface area contributed by atoms with E-state index < -0.39 is 0 Å². The van der Waals surface area contributed by atoms with E-state index >= 15 is 0 Å². The SMILES string of the molecule is CCOc1ccc(OCCSc2nnc(-c3ccccc3)n2-c2ccc(F)cc2)cc1. The topological polar surface area (TPSA) is 49.2 Å². The Bertz CT molecular complexity index is 1100. The highest BCUT2D eigenvalue weighted by Gasteiger charge is 2.16. The highest BCUT2D eigenvalue weighted by atomic mass is 32.2. The van der Waals surface area contributed by atoms with Gasteiger partial charge in [0.15, 0.2) is 11.0 Å². The van der Waals surface area contributed by atoms with Gasteiger partial charge < -0.3 is 9.47 Å². The minimum absolute atomic E-state index is 0.281. The van der Waals surface area contributed by atoms with Gasteiger partial charge in [-0.2, -0.15) is 0 Å². The first-order chi connectivity index (χ1) is 15.2. The number of nitrogens with zero attached hydrogens (tertiary/aromatic N) is 3. The monoisotopic (exact) mass is 435 g/mol. The number of hydrogen-bond acceptors (Lipinski definition) is 5. The molecule has 0 bridgehead atoms. The van der Waals surface area contributed by atoms with Crippen molar-refractivity contribution in [2.24, 2.45) is 0 Å². The summed E-state index contributed by atoms with van der Waals surface area (Å²) in [7, 11) is 0. The van der Waals surface area contributed by atoms with Crippen LogP contribution in [0.1, 0.15) is 6.92 Å². The van der Waals surface area contributed by atoms with Gasteiger partial charge in [-0.1, -0.05) is 42.1 Å². The number of benzene rings is 3. The van der Waals surface area contributed by atoms with Gasteiger partial charge in [-0.25, -0.2) is 4.39 Å². The Kier molecular flexibility index (Phi) is 6.84. The molecule has 0 spiro atoms. The first-order valence-electron chi connectivity index (χ1n) is 10.00. The van der Waals surface area contributed by atoms with E-state index in [1.54, 1.807) is 12.1 Å². The standard InChI is InChI=1S/C24H22FN3O2S/c1-2-29-21-12-14-22(15-13-21)30-16-17-31-24-27-26-23(18-6-4-3-5-7-18)28(24)20-10-8-19(25)9-11-20/h3-15H,2,16-17H2,1H3. The second-order valence-electron chi connectivity index (χ2n) is 6.59. The summed E-state index contributed by atoms with van der Waals surface area (Å²) in [6.45, 7) is 3.10. The van der Waals surface area contributed by atoms with E-state index in [4.69, 9.17) is 9.47 Å². The maximum Gasteiger partial charge on any atom is 0.196 e. The van der Waals surface area contributed by atoms with E-state index in [2.05, 4.69) is 10.2 Å². The number of rotatable bonds is 9. The molecule has 0 amide bonds. The molecule has 7 heteroatoms. The van der Waals surface area contributed by atoms with Crippen LogP contribution in [0.4, 0.5) is 4.39 Å². The maximum atomic E-state index is 13.5. The second-order valence-corrected chi connectivity index (χ2v) is 7.65. The normalized spacial score (nSPS) is 10.8. The fraction of sp³-hybridized carbons (Fsp3) is 0.167. The highest BCUT2D eigenvalue weighted by Crippen LogP contribution is 2.28. The van der Waals surface area contributed by atoms with Gasteiger partial charge in [0.2, 0.25) is 0 Å². The number of hydrogen-bond donors (Lipinski definition) is 0. The lowest BCUT2D eigenvalue weighted by Crippen LogP contribution is -2.03. The van der Waals surface area contributed by atoms with E-state index in [-0.39, 0.29) is 5.82 Å². The first kappa shape index (κ1) is 20.9. The summed E-state index contributed by atoms with van der Waals surface area (Å²) in [5.41, 5.74) is 1.75. The fourth-order valence-corrected chi connectivity index (χ4v) is 3.82. The average Bonchev–Trinajstić information content (AvgIpc) is 3.23. The van der Waals surface area contributed by atoms with Crippen molar-refractivity contribution < 1.29 is 13.9 Å². The second kappa shape index (κ2) is 10.1. The maximum absolute atomic E-state index is 13.5. The van der Waals surface area contributed by atoms with Crippen molar-refractivity contribution in [3.05, 3.63) is 84.7 Å². The van der Waals surface area contributed by atoms with Gasteiger partial charge in [-0.05, 0) is 55.5 Å². The number of thioether (sulfide) groups is 1. The summed E-state index contributed by atoms with van der Waals surface area (Å²) in [6, 6.07) is 23.7. The van der Waals surface area contributed by atoms with Crippen LogP contribution in [0, 0.1) is 5.82 Å². The van der Waals surface area contributed by atoms with Crippen LogP contribution in [0.5, 0.6) is 11.5 Å². The summed E-state index contributed by atoms with van der Waals surface area (Å²) < 4.78 is 26.7. The number of aromatic nitrogens is 3. The molecule has 1 aromatic heterocycles. The lowest BCUT2D eigenvalue weighted by molar-refractivity contribution is 0.332. The summed E-state index contributed by atoms with van der Waals surface area (Å²) >= 11 is 1.54. The molecule has 4 aromatic rings. The van der Waals surface area contributed by atoms with Gasteiger partial charge in [-0.15, -0.1) is 10.2 Å². The van der Waals surface area contributed by atoms with Crippen molar-refractivity contribution in [2.75, 3.05) is 19.0 Å². The lowest BCUT2D eigenvalue weighted by atomic mass is 10.2. The predicted octanol–water partition coefficient (Wildman–Crippen LogP) is 5.64. The third-order valence-corrected chi connectivity index (χ3v) is 5.36. The lowest BCUT2D eigenvalue weighted by Gasteiger charge is -2.11. The Hall–Kier alpha value is -3.32. The van der Waals surface area contributed by atoms with Crippen molar-refractivity contribution >= 4 is 11.8 Å². The third-order valence-electron chi connectivity index (χ3n) is 4.47. The van der Waals surface area contributed by atoms with Crippen LogP contribution in [0.25, 0.3) is 17.1 Å². The highest BCUT2D eigenvalue weighted by molar-refractivity contribution is 7.99. The Labute approximate surface area is 184 Å². The summed E-state index contributed by atoms with van der Waals surface area (Å²) in [4.78, 5) is 0. The van der Waals surface area contributed by atoms with Crippen LogP contribution in [0.2, 0.25) is 0 Å². The van der Waals surface area contributed by atoms with E-state index in [9.17, 15) is 4.39 Å². The van der Waals surface area contributed by atoms with Crippen LogP contribution in [0.15, 0.2) is 84.0 Å². The molecule has 0 saturated heterocycles. The molecule has 3 aromatic carbocycles. The molecule has 158 valence electrons. The largest absolute Gasteiger partial charge is 0.494 e. The van der Waals surface area contributed by atoms with Crippen molar-refractivity contribution in [2.45, 2.75) is 12.1 Å². The molecule has 1 heterocycles. The zero-order valence-electron chi connectivity index (χ0n) is 17.1. The Morgan fingerprint density at radius 3 is 2.19 bits per heavy atom. The van der Waals surface area contributed by atoms with Crippen molar-refractivity contribution in [3.8, 4) is 28.6 Å². The van der Waals surface area contributed by atoms with E-state index in [1.807, 2.05) is 66.1 Å².